The normalized spacial score (nSPS) is 0.833. The van der Waals surface area contributed by atoms with Crippen LogP contribution in [0.15, 0.2) is 0 Å². The van der Waals surface area contributed by atoms with Crippen LogP contribution in [0.2, 0.25) is 0 Å². The molecule has 0 saturated heterocycles. The van der Waals surface area contributed by atoms with Crippen molar-refractivity contribution in [3.63, 3.8) is 0 Å². The fourth-order valence-electron chi connectivity index (χ4n) is 0. The number of hydrogen-bond donors (Lipinski definition) is 0. The molecule has 0 spiro atoms. The van der Waals surface area contributed by atoms with E-state index in [9.17, 15) is 0 Å². The van der Waals surface area contributed by atoms with Gasteiger partial charge in [-0.2, -0.15) is 0 Å². The minimum absolute atomic E-state index is 0. The average Bonchev–Trinajstić information content (AvgIpc) is 2.20. The Morgan fingerprint density at radius 2 is 0.417 bits per heavy atom. The number of hydrogen-bond acceptors (Lipinski definition) is 0. The first kappa shape index (κ1) is 61.1. The van der Waals surface area contributed by atoms with Gasteiger partial charge in [-0.15, -0.1) is 0 Å². The van der Waals surface area contributed by atoms with E-state index in [1.807, 2.05) is 0 Å². The molecule has 65 valence electrons. The maximum Gasteiger partial charge on any atom is 0 e. The largest absolute Gasteiger partial charge is 1.00 e. The summed E-state index contributed by atoms with van der Waals surface area (Å²) >= 11 is 0. The molecule has 0 aliphatic carbocycles. The van der Waals surface area contributed by atoms with Crippen LogP contribution in [0.5, 0.6) is 0 Å². The van der Waals surface area contributed by atoms with Crippen molar-refractivity contribution in [1.82, 2.24) is 0 Å². The third-order valence-electron chi connectivity index (χ3n) is 0. The Labute approximate surface area is 89.6 Å². The second kappa shape index (κ2) is 8210. The van der Waals surface area contributed by atoms with Gasteiger partial charge < -0.3 is 12.4 Å². The van der Waals surface area contributed by atoms with Crippen molar-refractivity contribution in [2.75, 3.05) is 0 Å². The summed E-state index contributed by atoms with van der Waals surface area (Å²) in [6.07, 6.45) is 0. The van der Waals surface area contributed by atoms with Gasteiger partial charge >= 0.3 is 56.5 Å². The van der Waals surface area contributed by atoms with Crippen molar-refractivity contribution in [1.29, 1.82) is 0 Å². The van der Waals surface area contributed by atoms with Crippen molar-refractivity contribution in [3.8, 4) is 0 Å². The average molecular weight is 362 g/mol. The predicted octanol–water partition coefficient (Wildman–Crippen LogP) is -3.19. The summed E-state index contributed by atoms with van der Waals surface area (Å²) in [5, 5.41) is 0. The first-order chi connectivity index (χ1) is 5.00. The maximum atomic E-state index is 7.50. The molecule has 1 radical (unpaired) electrons. The van der Waals surface area contributed by atoms with E-state index in [0.717, 1.165) is 0 Å². The summed E-state index contributed by atoms with van der Waals surface area (Å²) in [5.41, 5.74) is 0. The molecule has 7 heteroatoms. The standard InChI is InChI=1S/5CO.ClH.Re/c5*1-2;;/h;;;;;1H;/p-1. The fourth-order valence-corrected chi connectivity index (χ4v) is 0. The van der Waals surface area contributed by atoms with Gasteiger partial charge in [0.25, 0.3) is 0 Å². The minimum Gasteiger partial charge on any atom is -1.00 e. The monoisotopic (exact) mass is 362 g/mol. The van der Waals surface area contributed by atoms with Gasteiger partial charge in [-0.1, -0.05) is 0 Å². The summed E-state index contributed by atoms with van der Waals surface area (Å²) < 4.78 is 37.5. The van der Waals surface area contributed by atoms with Crippen LogP contribution < -0.4 is 12.4 Å². The van der Waals surface area contributed by atoms with E-state index in [2.05, 4.69) is 33.3 Å². The summed E-state index contributed by atoms with van der Waals surface area (Å²) in [7, 11) is 0. The molecule has 5 nitrogen and oxygen atoms in total. The van der Waals surface area contributed by atoms with Gasteiger partial charge in [0.05, 0.1) is 0 Å². The Morgan fingerprint density at radius 1 is 0.417 bits per heavy atom. The predicted molar refractivity (Wildman–Crippen MR) is 19.6 cm³/mol. The number of halogens is 1. The van der Waals surface area contributed by atoms with E-state index in [1.54, 1.807) is 0 Å². The van der Waals surface area contributed by atoms with Crippen molar-refractivity contribution in [2.45, 2.75) is 0 Å². The molecule has 12 heavy (non-hydrogen) atoms. The van der Waals surface area contributed by atoms with Gasteiger partial charge in [0, 0.05) is 20.4 Å². The molecule has 0 rings (SSSR count). The smallest absolute Gasteiger partial charge is 0 e. The molecule has 0 N–H and O–H groups in total. The van der Waals surface area contributed by atoms with Crippen LogP contribution in [0.3, 0.4) is 0 Å². The van der Waals surface area contributed by atoms with E-state index >= 15 is 0 Å². The van der Waals surface area contributed by atoms with Crippen LogP contribution in [0.4, 0.5) is 0 Å². The van der Waals surface area contributed by atoms with Crippen LogP contribution in [0, 0.1) is 33.3 Å². The molecule has 0 saturated carbocycles. The van der Waals surface area contributed by atoms with E-state index in [4.69, 9.17) is 23.3 Å². The molecule has 0 unspecified atom stereocenters. The third kappa shape index (κ3) is 5980. The van der Waals surface area contributed by atoms with Crippen molar-refractivity contribution >= 4 is 0 Å². The first-order valence-electron chi connectivity index (χ1n) is 1.02. The van der Waals surface area contributed by atoms with Gasteiger partial charge in [0.15, 0.2) is 0 Å². The second-order valence-electron chi connectivity index (χ2n) is 0. The van der Waals surface area contributed by atoms with E-state index in [0.29, 0.717) is 0 Å². The second-order valence-corrected chi connectivity index (χ2v) is 0. The molecule has 0 atom stereocenters. The Hall–Kier alpha value is -0.348. The van der Waals surface area contributed by atoms with Gasteiger partial charge in [-0.25, -0.2) is 0 Å². The molecule has 0 aromatic rings. The van der Waals surface area contributed by atoms with Gasteiger partial charge in [-0.05, 0) is 0 Å². The molecule has 0 aromatic heterocycles. The topological polar surface area (TPSA) is 99.5 Å². The molecule has 0 heterocycles. The molecular formula is C5ClO5Re-. The molecule has 0 aromatic carbocycles. The minimum atomic E-state index is 0. The Bertz CT molecular complexity index is 78.4. The Balaban J connectivity index is -0.00000000500. The molecule has 0 fully saturated rings. The van der Waals surface area contributed by atoms with Gasteiger partial charge in [-0.3, -0.25) is 0 Å². The van der Waals surface area contributed by atoms with Crippen LogP contribution >= 0.6 is 0 Å². The molecule has 0 amide bonds. The van der Waals surface area contributed by atoms with Crippen LogP contribution in [-0.2, 0) is 43.7 Å². The summed E-state index contributed by atoms with van der Waals surface area (Å²) in [5.74, 6) is 0. The van der Waals surface area contributed by atoms with Crippen LogP contribution in [-0.4, -0.2) is 0 Å². The first-order valence-corrected chi connectivity index (χ1v) is 1.02. The zero-order chi connectivity index (χ0) is 10.0. The van der Waals surface area contributed by atoms with E-state index < -0.39 is 0 Å². The summed E-state index contributed by atoms with van der Waals surface area (Å²) in [6, 6.07) is 0. The summed E-state index contributed by atoms with van der Waals surface area (Å²) in [4.78, 5) is 0. The third-order valence-corrected chi connectivity index (χ3v) is 0. The molecule has 0 aliphatic heterocycles. The molecular weight excluding hydrogens is 362 g/mol. The van der Waals surface area contributed by atoms with Gasteiger partial charge in [0.1, 0.15) is 0 Å². The Kier molecular flexibility index (Phi) is 41800. The van der Waals surface area contributed by atoms with Crippen molar-refractivity contribution in [2.24, 2.45) is 0 Å². The number of rotatable bonds is 0. The zero-order valence-electron chi connectivity index (χ0n) is 5.30. The SMILES string of the molecule is [C-]#[O+].[C-]#[O+].[C-]#[O+].[C-]#[O+].[C-]#[O+].[Cl-].[Re]. The van der Waals surface area contributed by atoms with Crippen molar-refractivity contribution in [3.05, 3.63) is 33.3 Å². The van der Waals surface area contributed by atoms with Crippen LogP contribution in [0.25, 0.3) is 0 Å². The summed E-state index contributed by atoms with van der Waals surface area (Å²) in [6.45, 7) is 22.5. The van der Waals surface area contributed by atoms with Crippen LogP contribution in [0.1, 0.15) is 0 Å². The molecule has 0 aliphatic rings. The van der Waals surface area contributed by atoms with Crippen molar-refractivity contribution < 1.29 is 56.1 Å². The van der Waals surface area contributed by atoms with E-state index in [-0.39, 0.29) is 32.8 Å². The maximum absolute atomic E-state index is 7.50. The fraction of sp³-hybridized carbons (Fsp3) is 0. The van der Waals surface area contributed by atoms with Gasteiger partial charge in [0.2, 0.25) is 0 Å². The molecule has 0 bridgehead atoms. The Morgan fingerprint density at radius 3 is 0.417 bits per heavy atom. The zero-order valence-corrected chi connectivity index (χ0v) is 8.77. The van der Waals surface area contributed by atoms with E-state index in [1.165, 1.54) is 0 Å². The quantitative estimate of drug-likeness (QED) is 0.321.